The van der Waals surface area contributed by atoms with Gasteiger partial charge in [-0.15, -0.1) is 11.3 Å². The molecule has 1 fully saturated rings. The summed E-state index contributed by atoms with van der Waals surface area (Å²) in [5.41, 5.74) is 1.93. The van der Waals surface area contributed by atoms with Crippen LogP contribution in [-0.2, 0) is 41.6 Å². The second-order valence-electron chi connectivity index (χ2n) is 16.7. The highest BCUT2D eigenvalue weighted by molar-refractivity contribution is 7.09. The Labute approximate surface area is 360 Å². The highest BCUT2D eigenvalue weighted by Gasteiger charge is 2.43. The molecule has 0 unspecified atom stereocenters. The van der Waals surface area contributed by atoms with E-state index >= 15 is 0 Å². The monoisotopic (exact) mass is 848 g/mol. The molecule has 0 spiro atoms. The average Bonchev–Trinajstić information content (AvgIpc) is 4.04. The molecule has 0 aliphatic carbocycles. The molecule has 2 aromatic heterocycles. The molecule has 0 saturated carbocycles. The van der Waals surface area contributed by atoms with Crippen LogP contribution in [0.5, 0.6) is 0 Å². The van der Waals surface area contributed by atoms with Crippen LogP contribution in [0.3, 0.4) is 0 Å². The zero-order valence-corrected chi connectivity index (χ0v) is 38.2. The summed E-state index contributed by atoms with van der Waals surface area (Å²) in [4.78, 5) is 74.0. The molecule has 3 aromatic rings. The lowest BCUT2D eigenvalue weighted by Gasteiger charge is -2.39. The number of hydrogen-bond donors (Lipinski definition) is 3. The number of aromatic amines is 1. The van der Waals surface area contributed by atoms with Crippen molar-refractivity contribution < 1.29 is 28.7 Å². The van der Waals surface area contributed by atoms with E-state index in [0.717, 1.165) is 28.4 Å². The highest BCUT2D eigenvalue weighted by atomic mass is 32.1. The number of thiazole rings is 1. The Kier molecular flexibility index (Phi) is 18.5. The normalized spacial score (nSPS) is 18.2. The van der Waals surface area contributed by atoms with Gasteiger partial charge in [0.1, 0.15) is 16.9 Å². The van der Waals surface area contributed by atoms with Crippen LogP contribution in [0.4, 0.5) is 0 Å². The van der Waals surface area contributed by atoms with E-state index in [1.807, 2.05) is 107 Å². The summed E-state index contributed by atoms with van der Waals surface area (Å²) in [5, 5.41) is 9.04. The summed E-state index contributed by atoms with van der Waals surface area (Å²) in [6.07, 6.45) is 7.85. The molecule has 4 rings (SSSR count). The van der Waals surface area contributed by atoms with Gasteiger partial charge in [-0.1, -0.05) is 76.6 Å². The zero-order valence-electron chi connectivity index (χ0n) is 37.4. The summed E-state index contributed by atoms with van der Waals surface area (Å²) in [6.45, 7) is 14.4. The number of nitrogens with one attached hydrogen (secondary N) is 3. The first-order valence-electron chi connectivity index (χ1n) is 21.1. The van der Waals surface area contributed by atoms with Crippen LogP contribution in [0.15, 0.2) is 66.0 Å². The Morgan fingerprint density at radius 3 is 2.25 bits per heavy atom. The molecule has 3 N–H and O–H groups in total. The van der Waals surface area contributed by atoms with Gasteiger partial charge in [0.05, 0.1) is 55.3 Å². The van der Waals surface area contributed by atoms with E-state index in [-0.39, 0.29) is 54.0 Å². The van der Waals surface area contributed by atoms with Crippen molar-refractivity contribution in [1.82, 2.24) is 40.3 Å². The first-order valence-corrected chi connectivity index (χ1v) is 22.0. The van der Waals surface area contributed by atoms with Gasteiger partial charge in [0, 0.05) is 51.8 Å². The predicted octanol–water partition coefficient (Wildman–Crippen LogP) is 5.40. The van der Waals surface area contributed by atoms with Gasteiger partial charge >= 0.3 is 0 Å². The molecule has 0 bridgehead atoms. The van der Waals surface area contributed by atoms with Crippen LogP contribution in [-0.4, -0.2) is 125 Å². The SMILES string of the molecule is C/C=C(/C)[C@@H]([C@@H](CC(=O)N1CCC[C@H]1[C@H](OC)[C@@H](C)C(=O)N[C@@H](Cc1ccccc1)c1nccs1)OC)N(C)C(=O)[C@@H](NC(=O)[C@H](C(C)C)N(C)Cc1ncc[nH]1)C(C)C. The van der Waals surface area contributed by atoms with Gasteiger partial charge < -0.3 is 34.9 Å². The maximum Gasteiger partial charge on any atom is 0.245 e. The molecule has 1 aromatic carbocycles. The number of likely N-dealkylation sites (tertiary alicyclic amines) is 1. The molecule has 1 saturated heterocycles. The molecular formula is C45H68N8O6S. The van der Waals surface area contributed by atoms with Gasteiger partial charge in [-0.05, 0) is 57.6 Å². The highest BCUT2D eigenvalue weighted by Crippen LogP contribution is 2.30. The topological polar surface area (TPSA) is 162 Å². The summed E-state index contributed by atoms with van der Waals surface area (Å²) in [5.74, 6) is -0.956. The van der Waals surface area contributed by atoms with Gasteiger partial charge in [-0.3, -0.25) is 24.1 Å². The van der Waals surface area contributed by atoms with E-state index in [9.17, 15) is 19.2 Å². The third-order valence-electron chi connectivity index (χ3n) is 11.8. The number of benzene rings is 1. The summed E-state index contributed by atoms with van der Waals surface area (Å²) in [7, 11) is 6.72. The molecule has 1 aliphatic heterocycles. The number of hydrogen-bond acceptors (Lipinski definition) is 10. The van der Waals surface area contributed by atoms with Gasteiger partial charge in [0.25, 0.3) is 0 Å². The summed E-state index contributed by atoms with van der Waals surface area (Å²) in [6, 6.07) is 7.39. The number of rotatable bonds is 22. The summed E-state index contributed by atoms with van der Waals surface area (Å²) >= 11 is 1.50. The minimum absolute atomic E-state index is 0.00756. The molecule has 1 aliphatic rings. The number of ether oxygens (including phenoxy) is 2. The minimum Gasteiger partial charge on any atom is -0.378 e. The van der Waals surface area contributed by atoms with E-state index in [1.54, 1.807) is 44.8 Å². The third kappa shape index (κ3) is 12.3. The Bertz CT molecular complexity index is 1820. The van der Waals surface area contributed by atoms with Crippen LogP contribution in [0.1, 0.15) is 90.2 Å². The number of methoxy groups -OCH3 is 2. The van der Waals surface area contributed by atoms with Crippen molar-refractivity contribution >= 4 is 35.0 Å². The molecule has 3 heterocycles. The number of allylic oxidation sites excluding steroid dienone is 1. The first-order chi connectivity index (χ1) is 28.6. The van der Waals surface area contributed by atoms with Gasteiger partial charge in [0.15, 0.2) is 0 Å². The number of carbonyl (C=O) groups excluding carboxylic acids is 4. The van der Waals surface area contributed by atoms with Crippen molar-refractivity contribution in [2.24, 2.45) is 17.8 Å². The second-order valence-corrected chi connectivity index (χ2v) is 17.6. The Morgan fingerprint density at radius 1 is 0.967 bits per heavy atom. The molecule has 8 atom stereocenters. The smallest absolute Gasteiger partial charge is 0.245 e. The van der Waals surface area contributed by atoms with E-state index in [1.165, 1.54) is 11.3 Å². The number of nitrogens with zero attached hydrogens (tertiary/aromatic N) is 5. The fourth-order valence-corrected chi connectivity index (χ4v) is 9.21. The molecule has 4 amide bonds. The van der Waals surface area contributed by atoms with Crippen molar-refractivity contribution in [1.29, 1.82) is 0 Å². The number of aromatic nitrogens is 3. The minimum atomic E-state index is -0.831. The lowest BCUT2D eigenvalue weighted by molar-refractivity contribution is -0.145. The quantitative estimate of drug-likeness (QED) is 0.112. The van der Waals surface area contributed by atoms with Crippen molar-refractivity contribution in [3.8, 4) is 0 Å². The molecule has 15 heteroatoms. The molecule has 60 heavy (non-hydrogen) atoms. The lowest BCUT2D eigenvalue weighted by Crippen LogP contribution is -2.59. The van der Waals surface area contributed by atoms with Crippen molar-refractivity contribution in [3.63, 3.8) is 0 Å². The molecule has 330 valence electrons. The van der Waals surface area contributed by atoms with Crippen molar-refractivity contribution in [2.45, 2.75) is 123 Å². The van der Waals surface area contributed by atoms with Crippen molar-refractivity contribution in [3.05, 3.63) is 82.3 Å². The van der Waals surface area contributed by atoms with Gasteiger partial charge in [-0.25, -0.2) is 9.97 Å². The van der Waals surface area contributed by atoms with Gasteiger partial charge in [-0.2, -0.15) is 0 Å². The van der Waals surface area contributed by atoms with Crippen LogP contribution in [0, 0.1) is 17.8 Å². The fraction of sp³-hybridized carbons (Fsp3) is 0.600. The van der Waals surface area contributed by atoms with Crippen LogP contribution >= 0.6 is 11.3 Å². The van der Waals surface area contributed by atoms with E-state index in [2.05, 4.69) is 25.6 Å². The zero-order chi connectivity index (χ0) is 44.1. The largest absolute Gasteiger partial charge is 0.378 e. The molecular weight excluding hydrogens is 781 g/mol. The standard InChI is InChI=1S/C45H68N8O6S/c1-12-30(6)40(52(9)45(57)38(28(2)3)50-43(56)39(29(4)5)51(8)27-36-46-20-21-47-36)35(58-10)26-37(54)53-23-16-19-34(53)41(59-11)31(7)42(55)49-33(44-48-22-24-60-44)25-32-17-14-13-15-18-32/h12-15,17-18,20-22,24,28-29,31,33-35,38-41H,16,19,23,25-27H2,1-11H3,(H,46,47)(H,49,55)(H,50,56)/b30-12-/t31-,33+,34+,35-,38+,39+,40+,41-/m1/s1. The Morgan fingerprint density at radius 2 is 1.68 bits per heavy atom. The Hall–Kier alpha value is -4.44. The lowest BCUT2D eigenvalue weighted by atomic mass is 9.93. The van der Waals surface area contributed by atoms with Crippen LogP contribution < -0.4 is 10.6 Å². The number of H-pyrrole nitrogens is 1. The molecule has 14 nitrogen and oxygen atoms in total. The van der Waals surface area contributed by atoms with Crippen LogP contribution in [0.2, 0.25) is 0 Å². The average molecular weight is 849 g/mol. The number of imidazole rings is 1. The summed E-state index contributed by atoms with van der Waals surface area (Å²) < 4.78 is 12.1. The number of carbonyl (C=O) groups is 4. The number of likely N-dealkylation sites (N-methyl/N-ethyl adjacent to an activating group) is 2. The Balaban J connectivity index is 1.49. The third-order valence-corrected chi connectivity index (χ3v) is 12.7. The maximum absolute atomic E-state index is 14.5. The number of amides is 4. The maximum atomic E-state index is 14.5. The first kappa shape index (κ1) is 48.2. The van der Waals surface area contributed by atoms with E-state index in [0.29, 0.717) is 25.9 Å². The van der Waals surface area contributed by atoms with E-state index in [4.69, 9.17) is 9.47 Å². The predicted molar refractivity (Wildman–Crippen MR) is 235 cm³/mol. The van der Waals surface area contributed by atoms with Crippen LogP contribution in [0.25, 0.3) is 0 Å². The van der Waals surface area contributed by atoms with E-state index < -0.39 is 36.3 Å². The molecule has 0 radical (unpaired) electrons. The fourth-order valence-electron chi connectivity index (χ4n) is 8.52. The van der Waals surface area contributed by atoms with Crippen molar-refractivity contribution in [2.75, 3.05) is 34.9 Å². The second kappa shape index (κ2) is 23.0. The van der Waals surface area contributed by atoms with Gasteiger partial charge in [0.2, 0.25) is 23.6 Å².